The quantitative estimate of drug-likeness (QED) is 0.423. The van der Waals surface area contributed by atoms with Gasteiger partial charge in [-0.3, -0.25) is 10.2 Å². The van der Waals surface area contributed by atoms with E-state index in [4.69, 9.17) is 11.6 Å². The smallest absolute Gasteiger partial charge is 0.239 e. The largest absolute Gasteiger partial charge is 0.369 e. The number of aryl methyl sites for hydroxylation is 1. The molecule has 7 heteroatoms. The van der Waals surface area contributed by atoms with Gasteiger partial charge in [0.2, 0.25) is 11.9 Å². The van der Waals surface area contributed by atoms with Gasteiger partial charge >= 0.3 is 0 Å². The number of carbonyl (C=O) groups is 1. The number of aromatic nitrogens is 2. The number of amides is 1. The highest BCUT2D eigenvalue weighted by atomic mass is 16.1. The Morgan fingerprint density at radius 2 is 2.12 bits per heavy atom. The highest BCUT2D eigenvalue weighted by Gasteiger charge is 2.24. The second-order valence-corrected chi connectivity index (χ2v) is 4.46. The number of rotatable bonds is 5. The summed E-state index contributed by atoms with van der Waals surface area (Å²) < 4.78 is 0. The van der Waals surface area contributed by atoms with Crippen LogP contribution in [0.1, 0.15) is 19.5 Å². The lowest BCUT2D eigenvalue weighted by molar-refractivity contribution is -0.125. The number of hydrogen-bond acceptors (Lipinski definition) is 6. The molecule has 94 valence electrons. The van der Waals surface area contributed by atoms with Crippen LogP contribution in [-0.2, 0) is 4.79 Å². The van der Waals surface area contributed by atoms with Gasteiger partial charge in [-0.2, -0.15) is 4.98 Å². The average Bonchev–Trinajstić information content (AvgIpc) is 2.25. The zero-order chi connectivity index (χ0) is 13.1. The SMILES string of the molecule is Cc1cc(NCC(C)(C)C(N)=O)nc(NN)n1. The molecule has 17 heavy (non-hydrogen) atoms. The Bertz CT molecular complexity index is 417. The van der Waals surface area contributed by atoms with Crippen molar-refractivity contribution in [2.75, 3.05) is 17.3 Å². The molecule has 1 aromatic rings. The summed E-state index contributed by atoms with van der Waals surface area (Å²) in [6, 6.07) is 1.76. The van der Waals surface area contributed by atoms with E-state index in [1.807, 2.05) is 6.92 Å². The van der Waals surface area contributed by atoms with E-state index < -0.39 is 5.41 Å². The Hall–Kier alpha value is -1.89. The van der Waals surface area contributed by atoms with Crippen LogP contribution in [-0.4, -0.2) is 22.4 Å². The topological polar surface area (TPSA) is 119 Å². The van der Waals surface area contributed by atoms with Gasteiger partial charge in [-0.05, 0) is 20.8 Å². The van der Waals surface area contributed by atoms with Gasteiger partial charge in [0.25, 0.3) is 0 Å². The number of nitrogens with zero attached hydrogens (tertiary/aromatic N) is 2. The number of nitrogen functional groups attached to an aromatic ring is 1. The Morgan fingerprint density at radius 3 is 2.65 bits per heavy atom. The van der Waals surface area contributed by atoms with Crippen LogP contribution < -0.4 is 22.3 Å². The summed E-state index contributed by atoms with van der Waals surface area (Å²) in [5, 5.41) is 3.03. The molecule has 0 saturated carbocycles. The number of nitrogens with one attached hydrogen (secondary N) is 2. The summed E-state index contributed by atoms with van der Waals surface area (Å²) in [6.07, 6.45) is 0. The zero-order valence-electron chi connectivity index (χ0n) is 10.2. The van der Waals surface area contributed by atoms with Gasteiger partial charge in [-0.1, -0.05) is 0 Å². The fourth-order valence-corrected chi connectivity index (χ4v) is 1.12. The molecule has 0 unspecified atom stereocenters. The van der Waals surface area contributed by atoms with Crippen molar-refractivity contribution in [2.24, 2.45) is 17.0 Å². The van der Waals surface area contributed by atoms with Gasteiger partial charge in [0.15, 0.2) is 0 Å². The second kappa shape index (κ2) is 4.96. The molecule has 0 aromatic carbocycles. The predicted molar refractivity (Wildman–Crippen MR) is 66.0 cm³/mol. The van der Waals surface area contributed by atoms with E-state index >= 15 is 0 Å². The highest BCUT2D eigenvalue weighted by Crippen LogP contribution is 2.16. The van der Waals surface area contributed by atoms with Crippen LogP contribution in [0.25, 0.3) is 0 Å². The average molecular weight is 238 g/mol. The second-order valence-electron chi connectivity index (χ2n) is 4.46. The third-order valence-corrected chi connectivity index (χ3v) is 2.36. The van der Waals surface area contributed by atoms with Gasteiger partial charge in [0.05, 0.1) is 5.41 Å². The molecule has 0 atom stereocenters. The molecular formula is C10H18N6O. The van der Waals surface area contributed by atoms with Crippen molar-refractivity contribution in [3.05, 3.63) is 11.8 Å². The first-order valence-corrected chi connectivity index (χ1v) is 5.21. The van der Waals surface area contributed by atoms with Gasteiger partial charge in [0, 0.05) is 18.3 Å². The molecule has 7 nitrogen and oxygen atoms in total. The molecule has 1 rings (SSSR count). The first-order chi connectivity index (χ1) is 7.85. The van der Waals surface area contributed by atoms with Gasteiger partial charge in [0.1, 0.15) is 5.82 Å². The highest BCUT2D eigenvalue weighted by molar-refractivity contribution is 5.80. The van der Waals surface area contributed by atoms with E-state index in [-0.39, 0.29) is 5.91 Å². The molecule has 0 saturated heterocycles. The molecule has 0 spiro atoms. The third kappa shape index (κ3) is 3.56. The van der Waals surface area contributed by atoms with Gasteiger partial charge in [-0.15, -0.1) is 0 Å². The van der Waals surface area contributed by atoms with E-state index in [0.29, 0.717) is 18.3 Å². The Kier molecular flexibility index (Phi) is 3.84. The lowest BCUT2D eigenvalue weighted by Crippen LogP contribution is -2.37. The standard InChI is InChI=1S/C10H18N6O/c1-6-4-7(15-9(14-6)16-12)13-5-10(2,3)8(11)17/h4H,5,12H2,1-3H3,(H2,11,17)(H2,13,14,15,16). The first-order valence-electron chi connectivity index (χ1n) is 5.21. The lowest BCUT2D eigenvalue weighted by atomic mass is 9.93. The maximum Gasteiger partial charge on any atom is 0.239 e. The van der Waals surface area contributed by atoms with Crippen LogP contribution in [0, 0.1) is 12.3 Å². The first kappa shape index (κ1) is 13.2. The Labute approximate surface area is 100.0 Å². The number of anilines is 2. The van der Waals surface area contributed by atoms with E-state index in [1.165, 1.54) is 0 Å². The van der Waals surface area contributed by atoms with Crippen LogP contribution in [0.15, 0.2) is 6.07 Å². The number of hydrogen-bond donors (Lipinski definition) is 4. The van der Waals surface area contributed by atoms with Gasteiger partial charge in [-0.25, -0.2) is 10.8 Å². The number of carbonyl (C=O) groups excluding carboxylic acids is 1. The van der Waals surface area contributed by atoms with Crippen molar-refractivity contribution in [1.82, 2.24) is 9.97 Å². The van der Waals surface area contributed by atoms with Crippen LogP contribution in [0.3, 0.4) is 0 Å². The van der Waals surface area contributed by atoms with Crippen LogP contribution >= 0.6 is 0 Å². The summed E-state index contributed by atoms with van der Waals surface area (Å²) >= 11 is 0. The summed E-state index contributed by atoms with van der Waals surface area (Å²) in [6.45, 7) is 5.74. The summed E-state index contributed by atoms with van der Waals surface area (Å²) in [4.78, 5) is 19.3. The van der Waals surface area contributed by atoms with Crippen molar-refractivity contribution in [1.29, 1.82) is 0 Å². The molecule has 1 heterocycles. The van der Waals surface area contributed by atoms with E-state index in [2.05, 4.69) is 20.7 Å². The summed E-state index contributed by atoms with van der Waals surface area (Å²) in [7, 11) is 0. The number of hydrazine groups is 1. The molecule has 0 bridgehead atoms. The van der Waals surface area contributed by atoms with Crippen molar-refractivity contribution in [3.63, 3.8) is 0 Å². The lowest BCUT2D eigenvalue weighted by Gasteiger charge is -2.21. The minimum Gasteiger partial charge on any atom is -0.369 e. The molecule has 6 N–H and O–H groups in total. The molecule has 0 fully saturated rings. The van der Waals surface area contributed by atoms with Crippen LogP contribution in [0.2, 0.25) is 0 Å². The zero-order valence-corrected chi connectivity index (χ0v) is 10.2. The van der Waals surface area contributed by atoms with Crippen molar-refractivity contribution >= 4 is 17.7 Å². The Balaban J connectivity index is 2.76. The van der Waals surface area contributed by atoms with Crippen LogP contribution in [0.4, 0.5) is 11.8 Å². The molecule has 0 radical (unpaired) electrons. The van der Waals surface area contributed by atoms with Gasteiger partial charge < -0.3 is 11.1 Å². The van der Waals surface area contributed by atoms with Crippen molar-refractivity contribution in [2.45, 2.75) is 20.8 Å². The molecule has 0 aliphatic heterocycles. The van der Waals surface area contributed by atoms with Crippen LogP contribution in [0.5, 0.6) is 0 Å². The maximum atomic E-state index is 11.1. The monoisotopic (exact) mass is 238 g/mol. The molecule has 0 aliphatic carbocycles. The molecule has 0 aliphatic rings. The summed E-state index contributed by atoms with van der Waals surface area (Å²) in [5.41, 5.74) is 7.78. The third-order valence-electron chi connectivity index (χ3n) is 2.36. The van der Waals surface area contributed by atoms with Crippen molar-refractivity contribution < 1.29 is 4.79 Å². The van der Waals surface area contributed by atoms with E-state index in [9.17, 15) is 4.79 Å². The molecular weight excluding hydrogens is 220 g/mol. The minimum atomic E-state index is -0.644. The van der Waals surface area contributed by atoms with E-state index in [1.54, 1.807) is 19.9 Å². The summed E-state index contributed by atoms with van der Waals surface area (Å²) in [5.74, 6) is 5.79. The van der Waals surface area contributed by atoms with Crippen molar-refractivity contribution in [3.8, 4) is 0 Å². The number of primary amides is 1. The predicted octanol–water partition coefficient (Wildman–Crippen LogP) is -0.00598. The minimum absolute atomic E-state index is 0.324. The molecule has 1 aromatic heterocycles. The Morgan fingerprint density at radius 1 is 1.47 bits per heavy atom. The van der Waals surface area contributed by atoms with E-state index in [0.717, 1.165) is 5.69 Å². The fraction of sp³-hybridized carbons (Fsp3) is 0.500. The maximum absolute atomic E-state index is 11.1. The fourth-order valence-electron chi connectivity index (χ4n) is 1.12. The molecule has 1 amide bonds. The normalized spacial score (nSPS) is 11.1. The number of nitrogens with two attached hydrogens (primary N) is 2.